The minimum Gasteiger partial charge on any atom is -0.310 e. The Kier molecular flexibility index (Phi) is 6.83. The highest BCUT2D eigenvalue weighted by Crippen LogP contribution is 2.34. The third-order valence-corrected chi connectivity index (χ3v) is 8.72. The zero-order chi connectivity index (χ0) is 25.5. The smallest absolute Gasteiger partial charge is 0.262 e. The van der Waals surface area contributed by atoms with Gasteiger partial charge in [0.1, 0.15) is 6.04 Å². The summed E-state index contributed by atoms with van der Waals surface area (Å²) in [6.45, 7) is 8.59. The van der Waals surface area contributed by atoms with E-state index in [1.54, 1.807) is 55.1 Å². The van der Waals surface area contributed by atoms with Gasteiger partial charge in [0.25, 0.3) is 11.8 Å². The van der Waals surface area contributed by atoms with E-state index < -0.39 is 27.9 Å². The molecule has 3 amide bonds. The number of nitrogens with zero attached hydrogens (tertiary/aromatic N) is 3. The van der Waals surface area contributed by atoms with Crippen molar-refractivity contribution in [3.8, 4) is 0 Å². The molecule has 2 aromatic rings. The predicted molar refractivity (Wildman–Crippen MR) is 133 cm³/mol. The molecule has 8 nitrogen and oxygen atoms in total. The van der Waals surface area contributed by atoms with Crippen LogP contribution in [0.1, 0.15) is 60.4 Å². The van der Waals surface area contributed by atoms with E-state index in [1.807, 2.05) is 13.8 Å². The largest absolute Gasteiger partial charge is 0.310 e. The number of hydrogen-bond acceptors (Lipinski definition) is 5. The van der Waals surface area contributed by atoms with Crippen molar-refractivity contribution in [2.24, 2.45) is 5.92 Å². The van der Waals surface area contributed by atoms with E-state index in [-0.39, 0.29) is 16.7 Å². The fourth-order valence-corrected chi connectivity index (χ4v) is 6.42. The van der Waals surface area contributed by atoms with Gasteiger partial charge in [0.15, 0.2) is 0 Å². The molecule has 0 radical (unpaired) electrons. The first kappa shape index (κ1) is 25.1. The highest BCUT2D eigenvalue weighted by molar-refractivity contribution is 7.89. The van der Waals surface area contributed by atoms with Gasteiger partial charge in [0.2, 0.25) is 15.9 Å². The van der Waals surface area contributed by atoms with Crippen molar-refractivity contribution in [1.82, 2.24) is 9.21 Å². The van der Waals surface area contributed by atoms with Crippen LogP contribution in [0.25, 0.3) is 0 Å². The van der Waals surface area contributed by atoms with Crippen LogP contribution in [0.4, 0.5) is 5.69 Å². The number of amides is 3. The molecule has 2 aliphatic rings. The zero-order valence-electron chi connectivity index (χ0n) is 20.5. The van der Waals surface area contributed by atoms with Gasteiger partial charge in [-0.1, -0.05) is 39.8 Å². The van der Waals surface area contributed by atoms with E-state index >= 15 is 0 Å². The lowest BCUT2D eigenvalue weighted by atomic mass is 10.0. The summed E-state index contributed by atoms with van der Waals surface area (Å²) in [5.41, 5.74) is 2.01. The van der Waals surface area contributed by atoms with Crippen molar-refractivity contribution in [2.75, 3.05) is 24.5 Å². The first-order chi connectivity index (χ1) is 16.6. The second-order valence-corrected chi connectivity index (χ2v) is 11.2. The summed E-state index contributed by atoms with van der Waals surface area (Å²) >= 11 is 0. The molecule has 186 valence electrons. The Labute approximate surface area is 206 Å². The monoisotopic (exact) mass is 497 g/mol. The number of benzene rings is 2. The van der Waals surface area contributed by atoms with Gasteiger partial charge < -0.3 is 4.90 Å². The van der Waals surface area contributed by atoms with Crippen LogP contribution in [-0.2, 0) is 21.2 Å². The zero-order valence-corrected chi connectivity index (χ0v) is 21.3. The average Bonchev–Trinajstić information content (AvgIpc) is 3.36. The van der Waals surface area contributed by atoms with Crippen LogP contribution in [0.15, 0.2) is 47.4 Å². The van der Waals surface area contributed by atoms with Crippen LogP contribution in [0.5, 0.6) is 0 Å². The second-order valence-electron chi connectivity index (χ2n) is 9.29. The molecule has 0 aromatic heterocycles. The van der Waals surface area contributed by atoms with Gasteiger partial charge in [0.05, 0.1) is 16.0 Å². The fraction of sp³-hybridized carbons (Fsp3) is 0.423. The number of carbonyl (C=O) groups excluding carboxylic acids is 3. The Bertz CT molecular complexity index is 1250. The van der Waals surface area contributed by atoms with Gasteiger partial charge in [0, 0.05) is 25.3 Å². The van der Waals surface area contributed by atoms with Crippen LogP contribution in [-0.4, -0.2) is 61.0 Å². The summed E-state index contributed by atoms with van der Waals surface area (Å²) in [7, 11) is -3.62. The van der Waals surface area contributed by atoms with Crippen LogP contribution in [0.3, 0.4) is 0 Å². The molecule has 0 fully saturated rings. The molecule has 0 spiro atoms. The topological polar surface area (TPSA) is 95.1 Å². The SMILES string of the molecule is CCN(CC)S(=O)(=O)c1ccc2c(c1)CCN2C(=O)[C@@H](CC(C)C)N1C(=O)c2ccccc2C1=O. The highest BCUT2D eigenvalue weighted by Gasteiger charge is 2.45. The maximum absolute atomic E-state index is 13.8. The first-order valence-electron chi connectivity index (χ1n) is 12.0. The van der Waals surface area contributed by atoms with Gasteiger partial charge in [-0.05, 0) is 54.7 Å². The van der Waals surface area contributed by atoms with Crippen molar-refractivity contribution in [3.05, 3.63) is 59.2 Å². The molecule has 0 saturated carbocycles. The molecule has 35 heavy (non-hydrogen) atoms. The third kappa shape index (κ3) is 4.27. The molecule has 0 aliphatic carbocycles. The van der Waals surface area contributed by atoms with E-state index in [1.165, 1.54) is 10.4 Å². The maximum Gasteiger partial charge on any atom is 0.262 e. The standard InChI is InChI=1S/C26H31N3O5S/c1-5-27(6-2)35(33,34)19-11-12-22-18(16-19)13-14-28(22)26(32)23(15-17(3)4)29-24(30)20-9-7-8-10-21(20)25(29)31/h7-12,16-17,23H,5-6,13-15H2,1-4H3/t23-/m1/s1. The van der Waals surface area contributed by atoms with Gasteiger partial charge in [-0.15, -0.1) is 0 Å². The molecule has 2 aliphatic heterocycles. The Balaban J connectivity index is 1.66. The molecule has 2 aromatic carbocycles. The number of hydrogen-bond donors (Lipinski definition) is 0. The summed E-state index contributed by atoms with van der Waals surface area (Å²) < 4.78 is 27.3. The summed E-state index contributed by atoms with van der Waals surface area (Å²) in [5.74, 6) is -1.17. The number of fused-ring (bicyclic) bond motifs is 2. The maximum atomic E-state index is 13.8. The Morgan fingerprint density at radius 1 is 1.00 bits per heavy atom. The van der Waals surface area contributed by atoms with E-state index in [4.69, 9.17) is 0 Å². The Morgan fingerprint density at radius 2 is 1.60 bits per heavy atom. The van der Waals surface area contributed by atoms with Gasteiger partial charge >= 0.3 is 0 Å². The van der Waals surface area contributed by atoms with E-state index in [9.17, 15) is 22.8 Å². The Hall–Kier alpha value is -3.04. The van der Waals surface area contributed by atoms with Crippen molar-refractivity contribution in [3.63, 3.8) is 0 Å². The molecular formula is C26H31N3O5S. The average molecular weight is 498 g/mol. The van der Waals surface area contributed by atoms with E-state index in [2.05, 4.69) is 0 Å². The lowest BCUT2D eigenvalue weighted by Crippen LogP contribution is -2.51. The van der Waals surface area contributed by atoms with Gasteiger partial charge in [-0.25, -0.2) is 8.42 Å². The molecule has 0 bridgehead atoms. The van der Waals surface area contributed by atoms with Crippen molar-refractivity contribution in [1.29, 1.82) is 0 Å². The molecule has 4 rings (SSSR count). The lowest BCUT2D eigenvalue weighted by molar-refractivity contribution is -0.122. The lowest BCUT2D eigenvalue weighted by Gasteiger charge is -2.30. The molecule has 0 unspecified atom stereocenters. The molecule has 2 heterocycles. The van der Waals surface area contributed by atoms with E-state index in [0.29, 0.717) is 49.3 Å². The summed E-state index contributed by atoms with van der Waals surface area (Å²) in [6, 6.07) is 10.5. The van der Waals surface area contributed by atoms with Crippen molar-refractivity contribution >= 4 is 33.4 Å². The normalized spacial score (nSPS) is 16.3. The summed E-state index contributed by atoms with van der Waals surface area (Å²) in [4.78, 5) is 43.0. The predicted octanol–water partition coefficient (Wildman–Crippen LogP) is 3.32. The third-order valence-electron chi connectivity index (χ3n) is 6.67. The Morgan fingerprint density at radius 3 is 2.14 bits per heavy atom. The minimum atomic E-state index is -3.62. The van der Waals surface area contributed by atoms with E-state index in [0.717, 1.165) is 10.5 Å². The molecule has 9 heteroatoms. The fourth-order valence-electron chi connectivity index (χ4n) is 4.91. The molecule has 1 atom stereocenters. The summed E-state index contributed by atoms with van der Waals surface area (Å²) in [5, 5.41) is 0. The molecule has 0 saturated heterocycles. The van der Waals surface area contributed by atoms with Gasteiger partial charge in [-0.2, -0.15) is 4.31 Å². The molecule has 0 N–H and O–H groups in total. The van der Waals surface area contributed by atoms with Crippen LogP contribution < -0.4 is 4.90 Å². The van der Waals surface area contributed by atoms with Crippen LogP contribution in [0.2, 0.25) is 0 Å². The molecular weight excluding hydrogens is 466 g/mol. The first-order valence-corrected chi connectivity index (χ1v) is 13.5. The quantitative estimate of drug-likeness (QED) is 0.522. The number of imide groups is 1. The number of carbonyl (C=O) groups is 3. The number of anilines is 1. The van der Waals surface area contributed by atoms with Crippen molar-refractivity contribution in [2.45, 2.75) is 51.5 Å². The number of sulfonamides is 1. The van der Waals surface area contributed by atoms with Gasteiger partial charge in [-0.3, -0.25) is 19.3 Å². The van der Waals surface area contributed by atoms with Crippen LogP contribution in [0, 0.1) is 5.92 Å². The number of rotatable bonds is 8. The van der Waals surface area contributed by atoms with Crippen molar-refractivity contribution < 1.29 is 22.8 Å². The second kappa shape index (κ2) is 9.54. The minimum absolute atomic E-state index is 0.0666. The van der Waals surface area contributed by atoms with Crippen LogP contribution >= 0.6 is 0 Å². The highest BCUT2D eigenvalue weighted by atomic mass is 32.2. The summed E-state index contributed by atoms with van der Waals surface area (Å²) in [6.07, 6.45) is 0.837.